The van der Waals surface area contributed by atoms with E-state index in [1.165, 1.54) is 0 Å². The van der Waals surface area contributed by atoms with Crippen LogP contribution >= 0.6 is 11.6 Å². The first kappa shape index (κ1) is 19.2. The van der Waals surface area contributed by atoms with Gasteiger partial charge in [-0.25, -0.2) is 4.79 Å². The van der Waals surface area contributed by atoms with Gasteiger partial charge in [0.2, 0.25) is 0 Å². The van der Waals surface area contributed by atoms with Gasteiger partial charge in [-0.05, 0) is 29.3 Å². The largest absolute Gasteiger partial charge is 0.456 e. The van der Waals surface area contributed by atoms with Gasteiger partial charge in [0, 0.05) is 11.4 Å². The number of hydrogen-bond donors (Lipinski definition) is 0. The van der Waals surface area contributed by atoms with Crippen LogP contribution in [-0.2, 0) is 22.5 Å². The van der Waals surface area contributed by atoms with E-state index in [0.717, 1.165) is 11.1 Å². The molecule has 3 nitrogen and oxygen atoms in total. The SMILES string of the molecule is O=C(OC(COCc1ccccc1)Cc1ccccc1)c1cccc(Cl)c1. The highest BCUT2D eigenvalue weighted by Gasteiger charge is 2.17. The van der Waals surface area contributed by atoms with Crippen molar-refractivity contribution in [3.05, 3.63) is 107 Å². The van der Waals surface area contributed by atoms with Gasteiger partial charge in [0.15, 0.2) is 0 Å². The molecule has 0 fully saturated rings. The standard InChI is InChI=1S/C23H21ClO3/c24-21-13-7-12-20(15-21)23(25)27-22(14-18-8-3-1-4-9-18)17-26-16-19-10-5-2-6-11-19/h1-13,15,22H,14,16-17H2. The Bertz CT molecular complexity index is 850. The van der Waals surface area contributed by atoms with Crippen LogP contribution in [0.5, 0.6) is 0 Å². The van der Waals surface area contributed by atoms with E-state index >= 15 is 0 Å². The second-order valence-corrected chi connectivity index (χ2v) is 6.66. The first-order valence-electron chi connectivity index (χ1n) is 8.83. The van der Waals surface area contributed by atoms with Gasteiger partial charge in [-0.2, -0.15) is 0 Å². The summed E-state index contributed by atoms with van der Waals surface area (Å²) in [6.45, 7) is 0.789. The predicted molar refractivity (Wildman–Crippen MR) is 107 cm³/mol. The molecule has 0 aromatic heterocycles. The topological polar surface area (TPSA) is 35.5 Å². The molecule has 3 aromatic rings. The van der Waals surface area contributed by atoms with E-state index < -0.39 is 5.97 Å². The molecule has 3 rings (SSSR count). The third kappa shape index (κ3) is 6.24. The van der Waals surface area contributed by atoms with Crippen molar-refractivity contribution in [2.45, 2.75) is 19.1 Å². The van der Waals surface area contributed by atoms with Crippen LogP contribution < -0.4 is 0 Å². The van der Waals surface area contributed by atoms with Crippen LogP contribution in [-0.4, -0.2) is 18.7 Å². The van der Waals surface area contributed by atoms with Crippen molar-refractivity contribution in [2.75, 3.05) is 6.61 Å². The highest BCUT2D eigenvalue weighted by molar-refractivity contribution is 6.30. The van der Waals surface area contributed by atoms with Gasteiger partial charge < -0.3 is 9.47 Å². The van der Waals surface area contributed by atoms with Crippen LogP contribution in [0.15, 0.2) is 84.9 Å². The highest BCUT2D eigenvalue weighted by Crippen LogP contribution is 2.15. The van der Waals surface area contributed by atoms with Gasteiger partial charge in [0.1, 0.15) is 6.10 Å². The number of rotatable bonds is 8. The van der Waals surface area contributed by atoms with Crippen LogP contribution in [0.2, 0.25) is 5.02 Å². The van der Waals surface area contributed by atoms with E-state index in [2.05, 4.69) is 0 Å². The van der Waals surface area contributed by atoms with E-state index in [0.29, 0.717) is 30.2 Å². The number of carbonyl (C=O) groups excluding carboxylic acids is 1. The Labute approximate surface area is 164 Å². The second kappa shape index (κ2) is 9.91. The molecule has 0 amide bonds. The van der Waals surface area contributed by atoms with Crippen molar-refractivity contribution in [2.24, 2.45) is 0 Å². The minimum atomic E-state index is -0.401. The molecule has 0 aliphatic heterocycles. The van der Waals surface area contributed by atoms with Crippen LogP contribution in [0, 0.1) is 0 Å². The van der Waals surface area contributed by atoms with Gasteiger partial charge in [-0.1, -0.05) is 78.3 Å². The Hall–Kier alpha value is -2.62. The van der Waals surface area contributed by atoms with E-state index in [1.807, 2.05) is 60.7 Å². The molecule has 0 saturated heterocycles. The number of ether oxygens (including phenoxy) is 2. The first-order valence-corrected chi connectivity index (χ1v) is 9.20. The van der Waals surface area contributed by atoms with E-state index in [9.17, 15) is 4.79 Å². The van der Waals surface area contributed by atoms with Crippen molar-refractivity contribution < 1.29 is 14.3 Å². The number of carbonyl (C=O) groups is 1. The fourth-order valence-corrected chi connectivity index (χ4v) is 2.92. The second-order valence-electron chi connectivity index (χ2n) is 6.23. The van der Waals surface area contributed by atoms with E-state index in [1.54, 1.807) is 24.3 Å². The Balaban J connectivity index is 1.64. The lowest BCUT2D eigenvalue weighted by atomic mass is 10.1. The molecule has 1 atom stereocenters. The minimum Gasteiger partial charge on any atom is -0.456 e. The zero-order valence-corrected chi connectivity index (χ0v) is 15.6. The fourth-order valence-electron chi connectivity index (χ4n) is 2.73. The summed E-state index contributed by atoms with van der Waals surface area (Å²) in [6, 6.07) is 26.6. The molecule has 3 aromatic carbocycles. The van der Waals surface area contributed by atoms with Crippen molar-refractivity contribution in [3.8, 4) is 0 Å². The number of benzene rings is 3. The lowest BCUT2D eigenvalue weighted by Gasteiger charge is -2.18. The molecule has 1 unspecified atom stereocenters. The van der Waals surface area contributed by atoms with Crippen LogP contribution in [0.4, 0.5) is 0 Å². The number of halogens is 1. The maximum absolute atomic E-state index is 12.5. The molecular formula is C23H21ClO3. The molecule has 4 heteroatoms. The van der Waals surface area contributed by atoms with Gasteiger partial charge in [-0.15, -0.1) is 0 Å². The molecule has 0 heterocycles. The molecule has 0 N–H and O–H groups in total. The van der Waals surface area contributed by atoms with Crippen molar-refractivity contribution in [1.29, 1.82) is 0 Å². The smallest absolute Gasteiger partial charge is 0.338 e. The van der Waals surface area contributed by atoms with Crippen LogP contribution in [0.3, 0.4) is 0 Å². The zero-order chi connectivity index (χ0) is 18.9. The van der Waals surface area contributed by atoms with E-state index in [-0.39, 0.29) is 6.10 Å². The van der Waals surface area contributed by atoms with Gasteiger partial charge in [-0.3, -0.25) is 0 Å². The molecule has 0 radical (unpaired) electrons. The monoisotopic (exact) mass is 380 g/mol. The Morgan fingerprint density at radius 2 is 1.52 bits per heavy atom. The van der Waals surface area contributed by atoms with E-state index in [4.69, 9.17) is 21.1 Å². The summed E-state index contributed by atoms with van der Waals surface area (Å²) in [4.78, 5) is 12.5. The van der Waals surface area contributed by atoms with Crippen molar-refractivity contribution in [3.63, 3.8) is 0 Å². The summed E-state index contributed by atoms with van der Waals surface area (Å²) in [6.07, 6.45) is 0.199. The quantitative estimate of drug-likeness (QED) is 0.496. The van der Waals surface area contributed by atoms with Crippen molar-refractivity contribution >= 4 is 17.6 Å². The van der Waals surface area contributed by atoms with Crippen LogP contribution in [0.25, 0.3) is 0 Å². The molecule has 0 spiro atoms. The van der Waals surface area contributed by atoms with Gasteiger partial charge >= 0.3 is 5.97 Å². The first-order chi connectivity index (χ1) is 13.2. The third-order valence-corrected chi connectivity index (χ3v) is 4.29. The molecule has 0 aliphatic rings. The third-order valence-electron chi connectivity index (χ3n) is 4.06. The Kier molecular flexibility index (Phi) is 7.03. The average Bonchev–Trinajstić information content (AvgIpc) is 2.69. The normalized spacial score (nSPS) is 11.7. The fraction of sp³-hybridized carbons (Fsp3) is 0.174. The number of esters is 1. The van der Waals surface area contributed by atoms with Gasteiger partial charge in [0.25, 0.3) is 0 Å². The summed E-state index contributed by atoms with van der Waals surface area (Å²) in [5.74, 6) is -0.401. The molecule has 138 valence electrons. The molecule has 0 bridgehead atoms. The Morgan fingerprint density at radius 1 is 0.852 bits per heavy atom. The van der Waals surface area contributed by atoms with Gasteiger partial charge in [0.05, 0.1) is 18.8 Å². The molecule has 0 saturated carbocycles. The predicted octanol–water partition coefficient (Wildman–Crippen LogP) is 5.32. The Morgan fingerprint density at radius 3 is 2.19 bits per heavy atom. The summed E-state index contributed by atoms with van der Waals surface area (Å²) < 4.78 is 11.5. The lowest BCUT2D eigenvalue weighted by molar-refractivity contribution is -0.00786. The maximum Gasteiger partial charge on any atom is 0.338 e. The zero-order valence-electron chi connectivity index (χ0n) is 14.9. The molecular weight excluding hydrogens is 360 g/mol. The maximum atomic E-state index is 12.5. The van der Waals surface area contributed by atoms with Crippen LogP contribution in [0.1, 0.15) is 21.5 Å². The number of hydrogen-bond acceptors (Lipinski definition) is 3. The summed E-state index contributed by atoms with van der Waals surface area (Å²) in [7, 11) is 0. The molecule has 0 aliphatic carbocycles. The van der Waals surface area contributed by atoms with Crippen molar-refractivity contribution in [1.82, 2.24) is 0 Å². The average molecular weight is 381 g/mol. The summed E-state index contributed by atoms with van der Waals surface area (Å²) in [5.41, 5.74) is 2.60. The highest BCUT2D eigenvalue weighted by atomic mass is 35.5. The lowest BCUT2D eigenvalue weighted by Crippen LogP contribution is -2.26. The minimum absolute atomic E-state index is 0.316. The summed E-state index contributed by atoms with van der Waals surface area (Å²) in [5, 5.41) is 0.504. The molecule has 27 heavy (non-hydrogen) atoms. The summed E-state index contributed by atoms with van der Waals surface area (Å²) >= 11 is 5.97.